The lowest BCUT2D eigenvalue weighted by molar-refractivity contribution is 0.968. The maximum absolute atomic E-state index is 4.38. The highest BCUT2D eigenvalue weighted by Gasteiger charge is 2.24. The van der Waals surface area contributed by atoms with E-state index in [0.29, 0.717) is 0 Å². The van der Waals surface area contributed by atoms with Crippen molar-refractivity contribution in [3.8, 4) is 11.1 Å². The molecule has 4 aromatic rings. The van der Waals surface area contributed by atoms with Crippen molar-refractivity contribution in [3.63, 3.8) is 0 Å². The summed E-state index contributed by atoms with van der Waals surface area (Å²) in [6.07, 6.45) is 5.81. The summed E-state index contributed by atoms with van der Waals surface area (Å²) in [7, 11) is 2.08. The molecule has 126 valence electrons. The van der Waals surface area contributed by atoms with E-state index in [1.165, 1.54) is 33.3 Å². The third-order valence-electron chi connectivity index (χ3n) is 5.25. The summed E-state index contributed by atoms with van der Waals surface area (Å²) in [5.74, 6) is 0. The van der Waals surface area contributed by atoms with E-state index in [0.717, 1.165) is 17.8 Å². The molecule has 3 heteroatoms. The Morgan fingerprint density at radius 2 is 1.92 bits per heavy atom. The fourth-order valence-electron chi connectivity index (χ4n) is 3.79. The van der Waals surface area contributed by atoms with Crippen LogP contribution in [0.2, 0.25) is 0 Å². The van der Waals surface area contributed by atoms with Gasteiger partial charge in [0.1, 0.15) is 0 Å². The van der Waals surface area contributed by atoms with Gasteiger partial charge in [-0.3, -0.25) is 4.98 Å². The molecule has 3 nitrogen and oxygen atoms in total. The zero-order valence-electron chi connectivity index (χ0n) is 14.7. The van der Waals surface area contributed by atoms with Crippen molar-refractivity contribution in [3.05, 3.63) is 90.9 Å². The summed E-state index contributed by atoms with van der Waals surface area (Å²) in [5.41, 5.74) is 8.34. The maximum atomic E-state index is 4.38. The lowest BCUT2D eigenvalue weighted by Gasteiger charge is -2.19. The first-order valence-corrected chi connectivity index (χ1v) is 8.76. The van der Waals surface area contributed by atoms with Crippen LogP contribution >= 0.6 is 0 Å². The van der Waals surface area contributed by atoms with E-state index in [-0.39, 0.29) is 0 Å². The zero-order valence-corrected chi connectivity index (χ0v) is 14.7. The zero-order chi connectivity index (χ0) is 17.7. The second-order valence-electron chi connectivity index (χ2n) is 6.82. The Labute approximate surface area is 152 Å². The fourth-order valence-corrected chi connectivity index (χ4v) is 3.79. The van der Waals surface area contributed by atoms with Gasteiger partial charge in [-0.15, -0.1) is 0 Å². The van der Waals surface area contributed by atoms with Crippen LogP contribution in [-0.2, 0) is 13.6 Å². The minimum atomic E-state index is 0.861. The standard InChI is InChI=1S/C23H19N3/c1-16-22-13-17(19-4-3-10-24-14-19)5-6-20(22)15-26(16)21-7-8-23-18(12-21)9-11-25(23)2/h3-14H,1,15H2,2H3. The average Bonchev–Trinajstić information content (AvgIpc) is 3.22. The van der Waals surface area contributed by atoms with Crippen LogP contribution in [0.25, 0.3) is 27.7 Å². The number of hydrogen-bond donors (Lipinski definition) is 0. The molecule has 0 fully saturated rings. The van der Waals surface area contributed by atoms with E-state index in [1.54, 1.807) is 6.20 Å². The van der Waals surface area contributed by atoms with Crippen molar-refractivity contribution in [1.82, 2.24) is 9.55 Å². The molecule has 0 unspecified atom stereocenters. The molecule has 0 aliphatic carbocycles. The van der Waals surface area contributed by atoms with E-state index in [2.05, 4.69) is 82.8 Å². The van der Waals surface area contributed by atoms with Crippen molar-refractivity contribution in [1.29, 1.82) is 0 Å². The normalized spacial score (nSPS) is 13.4. The van der Waals surface area contributed by atoms with Gasteiger partial charge in [-0.1, -0.05) is 24.8 Å². The van der Waals surface area contributed by atoms with Gasteiger partial charge in [0.05, 0.1) is 0 Å². The number of rotatable bonds is 2. The first-order valence-electron chi connectivity index (χ1n) is 8.76. The third-order valence-corrected chi connectivity index (χ3v) is 5.25. The highest BCUT2D eigenvalue weighted by atomic mass is 15.2. The molecule has 0 radical (unpaired) electrons. The highest BCUT2D eigenvalue weighted by molar-refractivity contribution is 5.90. The van der Waals surface area contributed by atoms with Crippen LogP contribution < -0.4 is 4.90 Å². The van der Waals surface area contributed by atoms with Gasteiger partial charge in [-0.05, 0) is 47.5 Å². The first-order chi connectivity index (χ1) is 12.7. The predicted molar refractivity (Wildman–Crippen MR) is 108 cm³/mol. The summed E-state index contributed by atoms with van der Waals surface area (Å²) in [4.78, 5) is 6.53. The summed E-state index contributed by atoms with van der Waals surface area (Å²) < 4.78 is 2.15. The molecule has 2 aromatic heterocycles. The predicted octanol–water partition coefficient (Wildman–Crippen LogP) is 5.23. The molecule has 0 saturated carbocycles. The van der Waals surface area contributed by atoms with Crippen LogP contribution in [0.15, 0.2) is 79.8 Å². The number of pyridine rings is 1. The van der Waals surface area contributed by atoms with Crippen LogP contribution in [-0.4, -0.2) is 9.55 Å². The molecule has 3 heterocycles. The maximum Gasteiger partial charge on any atom is 0.0488 e. The smallest absolute Gasteiger partial charge is 0.0488 e. The highest BCUT2D eigenvalue weighted by Crippen LogP contribution is 2.38. The molecule has 0 spiro atoms. The van der Waals surface area contributed by atoms with Crippen molar-refractivity contribution >= 4 is 22.3 Å². The third kappa shape index (κ3) is 2.25. The number of nitrogens with zero attached hydrogens (tertiary/aromatic N) is 3. The van der Waals surface area contributed by atoms with Gasteiger partial charge >= 0.3 is 0 Å². The van der Waals surface area contributed by atoms with Crippen LogP contribution in [0.3, 0.4) is 0 Å². The molecule has 0 bridgehead atoms. The molecule has 0 amide bonds. The fraction of sp³-hybridized carbons (Fsp3) is 0.0870. The van der Waals surface area contributed by atoms with E-state index in [4.69, 9.17) is 0 Å². The van der Waals surface area contributed by atoms with E-state index in [9.17, 15) is 0 Å². The van der Waals surface area contributed by atoms with Gasteiger partial charge in [0.15, 0.2) is 0 Å². The molecule has 5 rings (SSSR count). The number of hydrogen-bond acceptors (Lipinski definition) is 2. The largest absolute Gasteiger partial charge is 0.351 e. The van der Waals surface area contributed by atoms with Crippen molar-refractivity contribution in [2.24, 2.45) is 7.05 Å². The van der Waals surface area contributed by atoms with E-state index >= 15 is 0 Å². The second kappa shape index (κ2) is 5.60. The van der Waals surface area contributed by atoms with Crippen molar-refractivity contribution in [2.45, 2.75) is 6.54 Å². The van der Waals surface area contributed by atoms with Gasteiger partial charge in [0.2, 0.25) is 0 Å². The van der Waals surface area contributed by atoms with Crippen LogP contribution in [0, 0.1) is 0 Å². The Morgan fingerprint density at radius 1 is 1.00 bits per heavy atom. The summed E-state index contributed by atoms with van der Waals surface area (Å²) in [6.45, 7) is 5.24. The monoisotopic (exact) mass is 337 g/mol. The SMILES string of the molecule is C=C1c2cc(-c3cccnc3)ccc2CN1c1ccc2c(ccn2C)c1. The second-order valence-corrected chi connectivity index (χ2v) is 6.82. The number of benzene rings is 2. The topological polar surface area (TPSA) is 21.1 Å². The molecule has 0 N–H and O–H groups in total. The summed E-state index contributed by atoms with van der Waals surface area (Å²) >= 11 is 0. The Morgan fingerprint density at radius 3 is 2.77 bits per heavy atom. The van der Waals surface area contributed by atoms with Crippen molar-refractivity contribution in [2.75, 3.05) is 4.90 Å². The van der Waals surface area contributed by atoms with Gasteiger partial charge in [-0.2, -0.15) is 0 Å². The van der Waals surface area contributed by atoms with E-state index in [1.807, 2.05) is 12.3 Å². The van der Waals surface area contributed by atoms with Crippen LogP contribution in [0.1, 0.15) is 11.1 Å². The Bertz CT molecular complexity index is 1140. The summed E-state index contributed by atoms with van der Waals surface area (Å²) in [5, 5.41) is 1.25. The first kappa shape index (κ1) is 15.0. The quantitative estimate of drug-likeness (QED) is 0.499. The molecule has 1 aliphatic rings. The number of fused-ring (bicyclic) bond motifs is 2. The molecule has 1 aliphatic heterocycles. The summed E-state index contributed by atoms with van der Waals surface area (Å²) in [6, 6.07) is 19.4. The van der Waals surface area contributed by atoms with E-state index < -0.39 is 0 Å². The number of anilines is 1. The van der Waals surface area contributed by atoms with Crippen LogP contribution in [0.5, 0.6) is 0 Å². The Kier molecular flexibility index (Phi) is 3.22. The number of aryl methyl sites for hydroxylation is 1. The molecular weight excluding hydrogens is 318 g/mol. The number of aromatic nitrogens is 2. The lowest BCUT2D eigenvalue weighted by Crippen LogP contribution is -2.12. The Hall–Kier alpha value is -3.33. The van der Waals surface area contributed by atoms with Gasteiger partial charge in [-0.25, -0.2) is 0 Å². The van der Waals surface area contributed by atoms with Gasteiger partial charge in [0, 0.05) is 65.6 Å². The average molecular weight is 337 g/mol. The molecule has 26 heavy (non-hydrogen) atoms. The van der Waals surface area contributed by atoms with Crippen molar-refractivity contribution < 1.29 is 0 Å². The van der Waals surface area contributed by atoms with Gasteiger partial charge < -0.3 is 9.47 Å². The van der Waals surface area contributed by atoms with Gasteiger partial charge in [0.25, 0.3) is 0 Å². The molecular formula is C23H19N3. The minimum Gasteiger partial charge on any atom is -0.351 e. The lowest BCUT2D eigenvalue weighted by atomic mass is 10.0. The molecule has 2 aromatic carbocycles. The Balaban J connectivity index is 1.53. The molecule has 0 saturated heterocycles. The minimum absolute atomic E-state index is 0.861. The molecule has 0 atom stereocenters. The van der Waals surface area contributed by atoms with Crippen LogP contribution in [0.4, 0.5) is 5.69 Å².